The maximum absolute atomic E-state index is 13.0. The molecule has 0 aromatic carbocycles. The largest absolute Gasteiger partial charge is 0.459 e. The molecule has 0 saturated heterocycles. The minimum Gasteiger partial charge on any atom is -0.459 e. The van der Waals surface area contributed by atoms with E-state index in [0.29, 0.717) is 38.1 Å². The van der Waals surface area contributed by atoms with E-state index < -0.39 is 5.60 Å². The van der Waals surface area contributed by atoms with Gasteiger partial charge in [-0.1, -0.05) is 53.4 Å². The molecule has 39 heavy (non-hydrogen) atoms. The Morgan fingerprint density at radius 1 is 0.744 bits per heavy atom. The maximum Gasteiger partial charge on any atom is 0.309 e. The van der Waals surface area contributed by atoms with Crippen LogP contribution in [0.5, 0.6) is 0 Å². The van der Waals surface area contributed by atoms with Crippen molar-refractivity contribution in [2.24, 2.45) is 11.8 Å². The van der Waals surface area contributed by atoms with Crippen LogP contribution in [0, 0.1) is 11.8 Å². The number of hydrogen-bond acceptors (Lipinski definition) is 7. The molecule has 230 valence electrons. The predicted molar refractivity (Wildman–Crippen MR) is 154 cm³/mol. The van der Waals surface area contributed by atoms with Crippen molar-refractivity contribution in [3.8, 4) is 0 Å². The average Bonchev–Trinajstić information content (AvgIpc) is 2.92. The number of aliphatic hydroxyl groups is 3. The quantitative estimate of drug-likeness (QED) is 0.121. The number of unbranched alkanes of at least 4 members (excludes halogenated alkanes) is 2. The molecule has 9 nitrogen and oxygen atoms in total. The third kappa shape index (κ3) is 16.2. The lowest BCUT2D eigenvalue weighted by atomic mass is 9.94. The highest BCUT2D eigenvalue weighted by Gasteiger charge is 2.31. The van der Waals surface area contributed by atoms with Crippen molar-refractivity contribution in [1.29, 1.82) is 0 Å². The van der Waals surface area contributed by atoms with Gasteiger partial charge in [-0.15, -0.1) is 0 Å². The summed E-state index contributed by atoms with van der Waals surface area (Å²) in [4.78, 5) is 41.1. The third-order valence-electron chi connectivity index (χ3n) is 7.87. The molecule has 0 saturated carbocycles. The molecule has 3 unspecified atom stereocenters. The van der Waals surface area contributed by atoms with Gasteiger partial charge < -0.3 is 29.9 Å². The van der Waals surface area contributed by atoms with Crippen LogP contribution in [0.4, 0.5) is 0 Å². The fourth-order valence-corrected chi connectivity index (χ4v) is 4.53. The number of nitrogens with zero attached hydrogens (tertiary/aromatic N) is 2. The van der Waals surface area contributed by atoms with Crippen molar-refractivity contribution >= 4 is 17.8 Å². The first kappa shape index (κ1) is 37.3. The molecule has 0 spiro atoms. The van der Waals surface area contributed by atoms with Gasteiger partial charge in [-0.25, -0.2) is 0 Å². The molecule has 0 aliphatic heterocycles. The fourth-order valence-electron chi connectivity index (χ4n) is 4.53. The maximum atomic E-state index is 13.0. The summed E-state index contributed by atoms with van der Waals surface area (Å²) in [6, 6.07) is 0. The van der Waals surface area contributed by atoms with Gasteiger partial charge in [0.15, 0.2) is 0 Å². The summed E-state index contributed by atoms with van der Waals surface area (Å²) in [5.41, 5.74) is -0.690. The van der Waals surface area contributed by atoms with Crippen LogP contribution in [0.25, 0.3) is 0 Å². The topological polar surface area (TPSA) is 128 Å². The van der Waals surface area contributed by atoms with Crippen LogP contribution in [-0.4, -0.2) is 94.5 Å². The molecule has 0 fully saturated rings. The number of rotatable bonds is 24. The van der Waals surface area contributed by atoms with Gasteiger partial charge in [-0.3, -0.25) is 14.4 Å². The second kappa shape index (κ2) is 22.0. The van der Waals surface area contributed by atoms with E-state index in [1.807, 2.05) is 20.8 Å². The number of carbonyl (C=O) groups excluding carboxylic acids is 3. The molecule has 0 rings (SSSR count). The van der Waals surface area contributed by atoms with Gasteiger partial charge in [0.25, 0.3) is 0 Å². The Bertz CT molecular complexity index is 670. The highest BCUT2D eigenvalue weighted by atomic mass is 16.6. The Morgan fingerprint density at radius 2 is 1.23 bits per heavy atom. The Morgan fingerprint density at radius 3 is 1.67 bits per heavy atom. The summed E-state index contributed by atoms with van der Waals surface area (Å²) in [6.07, 6.45) is 8.75. The van der Waals surface area contributed by atoms with Gasteiger partial charge in [0, 0.05) is 45.4 Å². The molecule has 0 aromatic rings. The first-order chi connectivity index (χ1) is 18.6. The van der Waals surface area contributed by atoms with E-state index in [2.05, 4.69) is 13.8 Å². The van der Waals surface area contributed by atoms with Crippen LogP contribution >= 0.6 is 0 Å². The standard InChI is InChI=1S/C30H58N2O7/c1-6-25(4)13-9-10-14-26(7-2)29(38)39-30(5,8-3)17-18-31(19-22-33)27(36)15-11-12-16-28(37)32(20-23-34)21-24-35/h25-26,33-35H,6-24H2,1-5H3. The van der Waals surface area contributed by atoms with E-state index in [1.165, 1.54) is 17.7 Å². The van der Waals surface area contributed by atoms with E-state index in [4.69, 9.17) is 14.9 Å². The van der Waals surface area contributed by atoms with Crippen LogP contribution in [0.2, 0.25) is 0 Å². The van der Waals surface area contributed by atoms with Crippen LogP contribution in [0.15, 0.2) is 0 Å². The van der Waals surface area contributed by atoms with E-state index in [1.54, 1.807) is 4.90 Å². The fraction of sp³-hybridized carbons (Fsp3) is 0.900. The van der Waals surface area contributed by atoms with Gasteiger partial charge >= 0.3 is 5.97 Å². The highest BCUT2D eigenvalue weighted by Crippen LogP contribution is 2.26. The van der Waals surface area contributed by atoms with Gasteiger partial charge in [-0.2, -0.15) is 0 Å². The number of esters is 1. The molecule has 0 radical (unpaired) electrons. The Balaban J connectivity index is 4.78. The number of amides is 2. The van der Waals surface area contributed by atoms with Gasteiger partial charge in [0.2, 0.25) is 11.8 Å². The monoisotopic (exact) mass is 558 g/mol. The summed E-state index contributed by atoms with van der Waals surface area (Å²) in [6.45, 7) is 10.9. The van der Waals surface area contributed by atoms with E-state index in [-0.39, 0.29) is 76.0 Å². The molecule has 9 heteroatoms. The van der Waals surface area contributed by atoms with Crippen LogP contribution in [0.3, 0.4) is 0 Å². The van der Waals surface area contributed by atoms with Gasteiger partial charge in [0.05, 0.1) is 25.7 Å². The third-order valence-corrected chi connectivity index (χ3v) is 7.87. The second-order valence-electron chi connectivity index (χ2n) is 11.0. The lowest BCUT2D eigenvalue weighted by Crippen LogP contribution is -2.41. The average molecular weight is 559 g/mol. The molecule has 0 aliphatic rings. The predicted octanol–water partition coefficient (Wildman–Crippen LogP) is 3.92. The minimum atomic E-state index is -0.690. The summed E-state index contributed by atoms with van der Waals surface area (Å²) >= 11 is 0. The van der Waals surface area contributed by atoms with Crippen molar-refractivity contribution in [1.82, 2.24) is 9.80 Å². The Hall–Kier alpha value is -1.71. The molecular formula is C30H58N2O7. The summed E-state index contributed by atoms with van der Waals surface area (Å²) < 4.78 is 6.02. The normalized spacial score (nSPS) is 14.4. The Labute approximate surface area is 237 Å². The lowest BCUT2D eigenvalue weighted by molar-refractivity contribution is -0.165. The zero-order valence-corrected chi connectivity index (χ0v) is 25.5. The van der Waals surface area contributed by atoms with Gasteiger partial charge in [0.1, 0.15) is 5.60 Å². The molecule has 2 amide bonds. The number of aliphatic hydroxyl groups excluding tert-OH is 3. The van der Waals surface area contributed by atoms with Crippen molar-refractivity contribution < 1.29 is 34.4 Å². The molecule has 0 heterocycles. The zero-order valence-electron chi connectivity index (χ0n) is 25.5. The SMILES string of the molecule is CCC(C)CCCCC(CC)C(=O)OC(C)(CC)CCN(CCO)C(=O)CCCCC(=O)N(CCO)CCO. The number of hydrogen-bond donors (Lipinski definition) is 3. The molecule has 0 aliphatic carbocycles. The second-order valence-corrected chi connectivity index (χ2v) is 11.0. The zero-order chi connectivity index (χ0) is 29.7. The molecule has 3 N–H and O–H groups in total. The Kier molecular flexibility index (Phi) is 21.1. The van der Waals surface area contributed by atoms with Crippen molar-refractivity contribution in [2.75, 3.05) is 46.0 Å². The molecular weight excluding hydrogens is 500 g/mol. The summed E-state index contributed by atoms with van der Waals surface area (Å²) in [5.74, 6) is 0.185. The first-order valence-corrected chi connectivity index (χ1v) is 15.2. The number of ether oxygens (including phenoxy) is 1. The first-order valence-electron chi connectivity index (χ1n) is 15.2. The summed E-state index contributed by atoms with van der Waals surface area (Å²) in [7, 11) is 0. The van der Waals surface area contributed by atoms with E-state index in [0.717, 1.165) is 25.7 Å². The van der Waals surface area contributed by atoms with E-state index >= 15 is 0 Å². The van der Waals surface area contributed by atoms with Gasteiger partial charge in [-0.05, 0) is 44.9 Å². The minimum absolute atomic E-state index is 0.100. The van der Waals surface area contributed by atoms with Crippen molar-refractivity contribution in [3.63, 3.8) is 0 Å². The van der Waals surface area contributed by atoms with Crippen molar-refractivity contribution in [2.45, 2.75) is 117 Å². The smallest absolute Gasteiger partial charge is 0.309 e. The van der Waals surface area contributed by atoms with Crippen LogP contribution in [-0.2, 0) is 19.1 Å². The number of carbonyl (C=O) groups is 3. The van der Waals surface area contributed by atoms with Crippen molar-refractivity contribution in [3.05, 3.63) is 0 Å². The van der Waals surface area contributed by atoms with E-state index in [9.17, 15) is 19.5 Å². The van der Waals surface area contributed by atoms with Crippen LogP contribution in [0.1, 0.15) is 112 Å². The highest BCUT2D eigenvalue weighted by molar-refractivity contribution is 5.77. The lowest BCUT2D eigenvalue weighted by Gasteiger charge is -2.33. The van der Waals surface area contributed by atoms with Crippen LogP contribution < -0.4 is 0 Å². The molecule has 0 bridgehead atoms. The summed E-state index contributed by atoms with van der Waals surface area (Å²) in [5, 5.41) is 27.7. The molecule has 3 atom stereocenters. The molecule has 0 aromatic heterocycles.